The van der Waals surface area contributed by atoms with E-state index in [1.807, 2.05) is 67.5 Å². The van der Waals surface area contributed by atoms with Crippen molar-refractivity contribution in [3.8, 4) is 22.3 Å². The van der Waals surface area contributed by atoms with Crippen LogP contribution in [0.2, 0.25) is 0 Å². The van der Waals surface area contributed by atoms with Gasteiger partial charge in [-0.15, -0.1) is 0 Å². The number of benzene rings is 7. The summed E-state index contributed by atoms with van der Waals surface area (Å²) in [5.41, 5.74) is 12.3. The van der Waals surface area contributed by atoms with Crippen LogP contribution in [-0.4, -0.2) is 17.0 Å². The number of carbonyl (C=O) groups excluding carboxylic acids is 1. The first-order valence-electron chi connectivity index (χ1n) is 20.9. The van der Waals surface area contributed by atoms with E-state index in [4.69, 9.17) is 0 Å². The highest BCUT2D eigenvalue weighted by Gasteiger charge is 2.42. The highest BCUT2D eigenvalue weighted by atomic mass is 16.3. The van der Waals surface area contributed by atoms with Gasteiger partial charge in [-0.2, -0.15) is 0 Å². The molecule has 7 aromatic carbocycles. The van der Waals surface area contributed by atoms with Gasteiger partial charge in [0.05, 0.1) is 5.92 Å². The van der Waals surface area contributed by atoms with E-state index < -0.39 is 6.10 Å². The number of hydrogen-bond acceptors (Lipinski definition) is 2. The van der Waals surface area contributed by atoms with E-state index in [2.05, 4.69) is 133 Å². The Morgan fingerprint density at radius 2 is 1.11 bits per heavy atom. The Labute approximate surface area is 334 Å². The third-order valence-corrected chi connectivity index (χ3v) is 11.0. The zero-order chi connectivity index (χ0) is 39.9. The van der Waals surface area contributed by atoms with Gasteiger partial charge in [0.2, 0.25) is 0 Å². The van der Waals surface area contributed by atoms with Crippen LogP contribution in [0.5, 0.6) is 0 Å². The maximum atomic E-state index is 12.5. The Hall–Kier alpha value is -5.57. The van der Waals surface area contributed by atoms with Crippen molar-refractivity contribution < 1.29 is 9.90 Å². The molecule has 0 saturated heterocycles. The first-order chi connectivity index (χ1) is 27.6. The predicted molar refractivity (Wildman–Crippen MR) is 243 cm³/mol. The fourth-order valence-electron chi connectivity index (χ4n) is 8.45. The highest BCUT2D eigenvalue weighted by molar-refractivity contribution is 6.14. The fourth-order valence-corrected chi connectivity index (χ4v) is 8.45. The van der Waals surface area contributed by atoms with Crippen molar-refractivity contribution in [2.75, 3.05) is 0 Å². The highest BCUT2D eigenvalue weighted by Crippen LogP contribution is 2.45. The van der Waals surface area contributed by atoms with Gasteiger partial charge in [-0.1, -0.05) is 183 Å². The number of aliphatic hydroxyl groups is 1. The van der Waals surface area contributed by atoms with Crippen LogP contribution in [0, 0.1) is 0 Å². The zero-order valence-electron chi connectivity index (χ0n) is 34.4. The maximum Gasteiger partial charge on any atom is 0.173 e. The van der Waals surface area contributed by atoms with Gasteiger partial charge in [-0.3, -0.25) is 4.79 Å². The molecule has 2 heteroatoms. The zero-order valence-corrected chi connectivity index (χ0v) is 34.4. The molecule has 11 rings (SSSR count). The molecular weight excluding hydrogens is 681 g/mol. The van der Waals surface area contributed by atoms with Gasteiger partial charge in [0.25, 0.3) is 0 Å². The van der Waals surface area contributed by atoms with Crippen molar-refractivity contribution in [3.63, 3.8) is 0 Å². The average Bonchev–Trinajstić information content (AvgIpc) is 3.29. The minimum Gasteiger partial charge on any atom is -0.384 e. The second-order valence-corrected chi connectivity index (χ2v) is 13.6. The summed E-state index contributed by atoms with van der Waals surface area (Å²) in [5.74, 6) is -0.638. The normalized spacial score (nSPS) is 17.1. The first kappa shape index (κ1) is 40.1. The van der Waals surface area contributed by atoms with E-state index in [0.717, 1.165) is 29.5 Å². The Balaban J connectivity index is 0.000000627. The molecule has 56 heavy (non-hydrogen) atoms. The van der Waals surface area contributed by atoms with Gasteiger partial charge < -0.3 is 5.11 Å². The van der Waals surface area contributed by atoms with Crippen LogP contribution in [0.3, 0.4) is 0 Å². The summed E-state index contributed by atoms with van der Waals surface area (Å²) >= 11 is 0. The van der Waals surface area contributed by atoms with E-state index in [0.29, 0.717) is 0 Å². The first-order valence-corrected chi connectivity index (χ1v) is 20.9. The van der Waals surface area contributed by atoms with Crippen molar-refractivity contribution in [1.29, 1.82) is 0 Å². The standard InChI is InChI=1S/C46H32O2.4C2H6/c47-45-41-19-20-42(46(45)48)44-25-34(17-18-40(41)44)32-13-11-28-21-27(9-10-30(28)23-32)29-12-14-33-24-36(16-15-31(33)22-29)43-26-35-5-1-2-6-37(35)38-7-3-4-8-39(38)43;4*1-2/h1-8,11-26,41-42,46,48H,9-10H2;4*1-2H3. The van der Waals surface area contributed by atoms with Crippen LogP contribution in [0.25, 0.3) is 66.2 Å². The topological polar surface area (TPSA) is 37.3 Å². The monoisotopic (exact) mass is 736 g/mol. The Morgan fingerprint density at radius 3 is 1.86 bits per heavy atom. The molecule has 0 radical (unpaired) electrons. The maximum absolute atomic E-state index is 12.5. The summed E-state index contributed by atoms with van der Waals surface area (Å²) in [4.78, 5) is 12.5. The third-order valence-electron chi connectivity index (χ3n) is 11.0. The molecule has 4 aliphatic rings. The number of allylic oxidation sites excluding steroid dienone is 2. The lowest BCUT2D eigenvalue weighted by atomic mass is 9.68. The molecule has 0 heterocycles. The lowest BCUT2D eigenvalue weighted by Crippen LogP contribution is -2.39. The summed E-state index contributed by atoms with van der Waals surface area (Å²) < 4.78 is 0. The van der Waals surface area contributed by atoms with Crippen molar-refractivity contribution >= 4 is 49.7 Å². The molecule has 0 spiro atoms. The fraction of sp³-hybridized carbons (Fsp3) is 0.241. The third kappa shape index (κ3) is 7.27. The Kier molecular flexibility index (Phi) is 12.8. The lowest BCUT2D eigenvalue weighted by molar-refractivity contribution is -0.129. The van der Waals surface area contributed by atoms with Crippen molar-refractivity contribution in [2.45, 2.75) is 86.2 Å². The number of fused-ring (bicyclic) bond motifs is 6. The van der Waals surface area contributed by atoms with Gasteiger partial charge in [0.15, 0.2) is 5.78 Å². The molecule has 2 bridgehead atoms. The summed E-state index contributed by atoms with van der Waals surface area (Å²) in [6.45, 7) is 16.0. The molecule has 3 atom stereocenters. The van der Waals surface area contributed by atoms with Gasteiger partial charge in [0, 0.05) is 5.92 Å². The van der Waals surface area contributed by atoms with E-state index in [1.54, 1.807) is 0 Å². The molecule has 3 unspecified atom stereocenters. The van der Waals surface area contributed by atoms with Crippen molar-refractivity contribution in [1.82, 2.24) is 0 Å². The lowest BCUT2D eigenvalue weighted by Gasteiger charge is -2.36. The van der Waals surface area contributed by atoms with Crippen LogP contribution in [0.4, 0.5) is 0 Å². The quantitative estimate of drug-likeness (QED) is 0.145. The smallest absolute Gasteiger partial charge is 0.173 e. The number of Topliss-reactive ketones (excluding diaryl/α,β-unsaturated/α-hetero) is 1. The van der Waals surface area contributed by atoms with Crippen LogP contribution in [-0.2, 0) is 11.2 Å². The van der Waals surface area contributed by atoms with Crippen molar-refractivity contribution in [3.05, 3.63) is 167 Å². The van der Waals surface area contributed by atoms with E-state index >= 15 is 0 Å². The van der Waals surface area contributed by atoms with E-state index in [9.17, 15) is 9.90 Å². The molecule has 0 saturated carbocycles. The number of rotatable bonds is 3. The summed E-state index contributed by atoms with van der Waals surface area (Å²) in [5, 5.41) is 18.2. The average molecular weight is 737 g/mol. The summed E-state index contributed by atoms with van der Waals surface area (Å²) in [6.07, 6.45) is 7.36. The van der Waals surface area contributed by atoms with Gasteiger partial charge in [-0.25, -0.2) is 0 Å². The Morgan fingerprint density at radius 1 is 0.500 bits per heavy atom. The summed E-state index contributed by atoms with van der Waals surface area (Å²) in [6, 6.07) is 46.7. The van der Waals surface area contributed by atoms with Crippen LogP contribution < -0.4 is 0 Å². The molecule has 0 aromatic heterocycles. The molecule has 0 amide bonds. The van der Waals surface area contributed by atoms with Crippen molar-refractivity contribution in [2.24, 2.45) is 0 Å². The number of carbonyl (C=O) groups is 1. The molecule has 7 aromatic rings. The Bertz CT molecular complexity index is 2570. The van der Waals surface area contributed by atoms with Gasteiger partial charge in [-0.05, 0) is 119 Å². The number of hydrogen-bond donors (Lipinski definition) is 1. The molecular formula is C54H56O2. The molecule has 0 fully saturated rings. The number of ketones is 1. The van der Waals surface area contributed by atoms with Crippen LogP contribution >= 0.6 is 0 Å². The number of aliphatic hydroxyl groups excluding tert-OH is 1. The largest absolute Gasteiger partial charge is 0.384 e. The molecule has 284 valence electrons. The molecule has 0 aliphatic heterocycles. The molecule has 1 N–H and O–H groups in total. The van der Waals surface area contributed by atoms with E-state index in [1.165, 1.54) is 71.3 Å². The van der Waals surface area contributed by atoms with Crippen LogP contribution in [0.1, 0.15) is 101 Å². The van der Waals surface area contributed by atoms with E-state index in [-0.39, 0.29) is 17.6 Å². The minimum absolute atomic E-state index is 0.0787. The second kappa shape index (κ2) is 17.9. The molecule has 4 aliphatic carbocycles. The molecule has 2 nitrogen and oxygen atoms in total. The minimum atomic E-state index is -0.933. The summed E-state index contributed by atoms with van der Waals surface area (Å²) in [7, 11) is 0. The van der Waals surface area contributed by atoms with Gasteiger partial charge >= 0.3 is 0 Å². The van der Waals surface area contributed by atoms with Gasteiger partial charge in [0.1, 0.15) is 6.10 Å². The second-order valence-electron chi connectivity index (χ2n) is 13.6. The number of aryl methyl sites for hydroxylation is 1. The predicted octanol–water partition coefficient (Wildman–Crippen LogP) is 14.8. The SMILES string of the molecule is CC.CC.CC.CC.O=C1C2C=CC(c3cc(-c4ccc5c(c4)CCC(c4ccc6cc(-c7cc8ccccc8c8ccccc78)ccc6c4)=C5)ccc32)C1O. The van der Waals surface area contributed by atoms with Crippen LogP contribution in [0.15, 0.2) is 140 Å².